The monoisotopic (exact) mass is 334 g/mol. The molecule has 23 heavy (non-hydrogen) atoms. The van der Waals surface area contributed by atoms with Gasteiger partial charge in [0.1, 0.15) is 18.8 Å². The first-order valence-electron chi connectivity index (χ1n) is 6.99. The van der Waals surface area contributed by atoms with E-state index in [9.17, 15) is 14.4 Å². The first-order valence-corrected chi connectivity index (χ1v) is 6.99. The van der Waals surface area contributed by atoms with E-state index in [0.29, 0.717) is 0 Å². The van der Waals surface area contributed by atoms with Gasteiger partial charge in [-0.2, -0.15) is 0 Å². The maximum Gasteiger partial charge on any atom is 0.303 e. The van der Waals surface area contributed by atoms with Crippen LogP contribution in [0.3, 0.4) is 0 Å². The highest BCUT2D eigenvalue weighted by atomic mass is 16.7. The summed E-state index contributed by atoms with van der Waals surface area (Å²) in [5.74, 6) is -1.71. The Balaban J connectivity index is 3.08. The maximum atomic E-state index is 11.4. The molecule has 0 aromatic carbocycles. The summed E-state index contributed by atoms with van der Waals surface area (Å²) in [6, 6.07) is 0. The molecule has 0 spiro atoms. The second-order valence-corrected chi connectivity index (χ2v) is 4.93. The highest BCUT2D eigenvalue weighted by molar-refractivity contribution is 5.67. The molecule has 0 aliphatic carbocycles. The van der Waals surface area contributed by atoms with E-state index >= 15 is 0 Å². The normalized spacial score (nSPS) is 30.4. The summed E-state index contributed by atoms with van der Waals surface area (Å²) in [4.78, 5) is 33.8. The summed E-state index contributed by atoms with van der Waals surface area (Å²) >= 11 is 0. The van der Waals surface area contributed by atoms with E-state index in [1.54, 1.807) is 0 Å². The largest absolute Gasteiger partial charge is 0.463 e. The second kappa shape index (κ2) is 8.80. The van der Waals surface area contributed by atoms with Crippen molar-refractivity contribution in [2.24, 2.45) is 0 Å². The predicted molar refractivity (Wildman–Crippen MR) is 74.2 cm³/mol. The number of carbonyl (C=O) groups is 3. The van der Waals surface area contributed by atoms with Gasteiger partial charge in [0.05, 0.1) is 0 Å². The van der Waals surface area contributed by atoms with Crippen molar-refractivity contribution in [3.8, 4) is 0 Å². The predicted octanol–water partition coefficient (Wildman–Crippen LogP) is -0.201. The summed E-state index contributed by atoms with van der Waals surface area (Å²) in [5, 5.41) is 0. The van der Waals surface area contributed by atoms with Crippen LogP contribution in [0.2, 0.25) is 0 Å². The van der Waals surface area contributed by atoms with E-state index in [1.807, 2.05) is 0 Å². The zero-order chi connectivity index (χ0) is 17.6. The quantitative estimate of drug-likeness (QED) is 0.482. The van der Waals surface area contributed by atoms with Crippen LogP contribution in [0.1, 0.15) is 20.8 Å². The Morgan fingerprint density at radius 3 is 1.83 bits per heavy atom. The van der Waals surface area contributed by atoms with Crippen LogP contribution in [0.15, 0.2) is 0 Å². The van der Waals surface area contributed by atoms with Crippen LogP contribution in [0.25, 0.3) is 0 Å². The third kappa shape index (κ3) is 5.45. The number of hydrogen-bond donors (Lipinski definition) is 0. The lowest BCUT2D eigenvalue weighted by Crippen LogP contribution is -2.62. The number of rotatable bonds is 6. The molecule has 0 bridgehead atoms. The summed E-state index contributed by atoms with van der Waals surface area (Å²) in [6.45, 7) is 3.47. The molecule has 0 saturated carbocycles. The molecule has 1 aliphatic rings. The van der Waals surface area contributed by atoms with Gasteiger partial charge >= 0.3 is 17.9 Å². The fourth-order valence-electron chi connectivity index (χ4n) is 2.31. The fourth-order valence-corrected chi connectivity index (χ4v) is 2.31. The van der Waals surface area contributed by atoms with Gasteiger partial charge in [0.2, 0.25) is 0 Å². The van der Waals surface area contributed by atoms with Gasteiger partial charge in [0.25, 0.3) is 0 Å². The van der Waals surface area contributed by atoms with Crippen LogP contribution in [0.4, 0.5) is 0 Å². The van der Waals surface area contributed by atoms with Crippen molar-refractivity contribution in [3.05, 3.63) is 0 Å². The Labute approximate surface area is 134 Å². The molecule has 1 saturated heterocycles. The Morgan fingerprint density at radius 1 is 0.826 bits per heavy atom. The third-order valence-electron chi connectivity index (χ3n) is 3.15. The van der Waals surface area contributed by atoms with E-state index in [-0.39, 0.29) is 6.61 Å². The van der Waals surface area contributed by atoms with Crippen LogP contribution in [-0.2, 0) is 42.8 Å². The maximum absolute atomic E-state index is 11.4. The van der Waals surface area contributed by atoms with Crippen LogP contribution >= 0.6 is 0 Å². The first kappa shape index (κ1) is 19.3. The van der Waals surface area contributed by atoms with Crippen LogP contribution < -0.4 is 0 Å². The molecule has 9 heteroatoms. The molecule has 5 unspecified atom stereocenters. The molecular formula is C14H22O9. The number of esters is 3. The SMILES string of the molecule is COC1OC(COC(C)=O)C(OC(C)=O)C(OC(C)=O)C1OC. The Bertz CT molecular complexity index is 436. The van der Waals surface area contributed by atoms with Gasteiger partial charge in [-0.15, -0.1) is 0 Å². The van der Waals surface area contributed by atoms with Crippen molar-refractivity contribution in [1.29, 1.82) is 0 Å². The molecule has 9 nitrogen and oxygen atoms in total. The zero-order valence-corrected chi connectivity index (χ0v) is 13.8. The Hall–Kier alpha value is -1.71. The summed E-state index contributed by atoms with van der Waals surface area (Å²) in [7, 11) is 2.77. The van der Waals surface area contributed by atoms with E-state index in [2.05, 4.69) is 0 Å². The highest BCUT2D eigenvalue weighted by Crippen LogP contribution is 2.28. The topological polar surface area (TPSA) is 107 Å². The van der Waals surface area contributed by atoms with Gasteiger partial charge < -0.3 is 28.4 Å². The van der Waals surface area contributed by atoms with Crippen LogP contribution in [-0.4, -0.2) is 69.4 Å². The molecule has 1 rings (SSSR count). The lowest BCUT2D eigenvalue weighted by molar-refractivity contribution is -0.304. The molecule has 0 aromatic rings. The molecule has 132 valence electrons. The van der Waals surface area contributed by atoms with E-state index < -0.39 is 48.6 Å². The summed E-state index contributed by atoms with van der Waals surface area (Å²) in [6.07, 6.45) is -4.56. The Kier molecular flexibility index (Phi) is 7.40. The van der Waals surface area contributed by atoms with E-state index in [4.69, 9.17) is 28.4 Å². The number of methoxy groups -OCH3 is 2. The highest BCUT2D eigenvalue weighted by Gasteiger charge is 2.50. The zero-order valence-electron chi connectivity index (χ0n) is 13.8. The van der Waals surface area contributed by atoms with Crippen molar-refractivity contribution >= 4 is 17.9 Å². The standard InChI is InChI=1S/C14H22O9/c1-7(15)20-6-10-11(21-8(2)16)12(22-9(3)17)13(18-4)14(19-5)23-10/h10-14H,6H2,1-5H3. The second-order valence-electron chi connectivity index (χ2n) is 4.93. The van der Waals surface area contributed by atoms with Crippen LogP contribution in [0.5, 0.6) is 0 Å². The van der Waals surface area contributed by atoms with E-state index in [1.165, 1.54) is 35.0 Å². The van der Waals surface area contributed by atoms with Gasteiger partial charge in [-0.25, -0.2) is 0 Å². The molecule has 1 heterocycles. The van der Waals surface area contributed by atoms with Crippen molar-refractivity contribution in [2.75, 3.05) is 20.8 Å². The molecule has 0 N–H and O–H groups in total. The number of hydrogen-bond acceptors (Lipinski definition) is 9. The average Bonchev–Trinajstić information content (AvgIpc) is 2.45. The van der Waals surface area contributed by atoms with Crippen molar-refractivity contribution in [3.63, 3.8) is 0 Å². The van der Waals surface area contributed by atoms with Gasteiger partial charge in [-0.05, 0) is 0 Å². The van der Waals surface area contributed by atoms with E-state index in [0.717, 1.165) is 0 Å². The van der Waals surface area contributed by atoms with Gasteiger partial charge in [-0.3, -0.25) is 14.4 Å². The minimum absolute atomic E-state index is 0.193. The lowest BCUT2D eigenvalue weighted by atomic mass is 9.98. The molecule has 0 radical (unpaired) electrons. The molecule has 1 aliphatic heterocycles. The number of ether oxygens (including phenoxy) is 6. The third-order valence-corrected chi connectivity index (χ3v) is 3.15. The van der Waals surface area contributed by atoms with Crippen molar-refractivity contribution in [2.45, 2.75) is 51.5 Å². The lowest BCUT2D eigenvalue weighted by Gasteiger charge is -2.43. The molecule has 0 amide bonds. The van der Waals surface area contributed by atoms with Gasteiger partial charge in [0.15, 0.2) is 18.5 Å². The fraction of sp³-hybridized carbons (Fsp3) is 0.786. The van der Waals surface area contributed by atoms with Crippen LogP contribution in [0, 0.1) is 0 Å². The number of carbonyl (C=O) groups excluding carboxylic acids is 3. The minimum Gasteiger partial charge on any atom is -0.463 e. The average molecular weight is 334 g/mol. The first-order chi connectivity index (χ1) is 10.8. The summed E-state index contributed by atoms with van der Waals surface area (Å²) in [5.41, 5.74) is 0. The molecule has 5 atom stereocenters. The molecular weight excluding hydrogens is 312 g/mol. The molecule has 1 fully saturated rings. The van der Waals surface area contributed by atoms with Crippen molar-refractivity contribution < 1.29 is 42.8 Å². The summed E-state index contributed by atoms with van der Waals surface area (Å²) < 4.78 is 31.4. The van der Waals surface area contributed by atoms with Gasteiger partial charge in [0, 0.05) is 35.0 Å². The van der Waals surface area contributed by atoms with Crippen molar-refractivity contribution in [1.82, 2.24) is 0 Å². The Morgan fingerprint density at radius 2 is 1.39 bits per heavy atom. The smallest absolute Gasteiger partial charge is 0.303 e. The minimum atomic E-state index is -1.01. The molecule has 0 aromatic heterocycles. The van der Waals surface area contributed by atoms with Gasteiger partial charge in [-0.1, -0.05) is 0 Å².